The molecule has 1 nitrogen and oxygen atoms in total. The lowest BCUT2D eigenvalue weighted by Crippen LogP contribution is -1.93. The Morgan fingerprint density at radius 1 is 1.44 bits per heavy atom. The Balaban J connectivity index is 2.75. The monoisotopic (exact) mass is 122 g/mol. The summed E-state index contributed by atoms with van der Waals surface area (Å²) in [6, 6.07) is 0. The van der Waals surface area contributed by atoms with Crippen LogP contribution in [0, 0.1) is 0 Å². The van der Waals surface area contributed by atoms with Gasteiger partial charge in [0, 0.05) is 0 Å². The van der Waals surface area contributed by atoms with Crippen molar-refractivity contribution in [3.63, 3.8) is 0 Å². The standard InChI is InChI=1S/C8H10O/c1-7-3-2-4-8(9)6-5-7/h2-6,8-9H,1H3. The van der Waals surface area contributed by atoms with Crippen LogP contribution in [-0.2, 0) is 0 Å². The highest BCUT2D eigenvalue weighted by Gasteiger charge is 1.92. The molecule has 0 aromatic rings. The van der Waals surface area contributed by atoms with E-state index in [0.717, 1.165) is 0 Å². The molecule has 0 amide bonds. The lowest BCUT2D eigenvalue weighted by atomic mass is 10.3. The molecule has 1 aliphatic rings. The molecule has 1 heteroatoms. The topological polar surface area (TPSA) is 20.2 Å². The molecule has 0 aromatic carbocycles. The minimum Gasteiger partial charge on any atom is -0.385 e. The average Bonchev–Trinajstić information content (AvgIpc) is 1.97. The van der Waals surface area contributed by atoms with Crippen LogP contribution in [0.5, 0.6) is 0 Å². The van der Waals surface area contributed by atoms with Crippen molar-refractivity contribution in [3.8, 4) is 0 Å². The summed E-state index contributed by atoms with van der Waals surface area (Å²) in [4.78, 5) is 0. The second-order valence-electron chi connectivity index (χ2n) is 2.15. The van der Waals surface area contributed by atoms with Gasteiger partial charge in [-0.1, -0.05) is 36.0 Å². The van der Waals surface area contributed by atoms with Crippen LogP contribution in [-0.4, -0.2) is 11.2 Å². The van der Waals surface area contributed by atoms with Crippen LogP contribution in [0.1, 0.15) is 6.92 Å². The smallest absolute Gasteiger partial charge is 0.0908 e. The summed E-state index contributed by atoms with van der Waals surface area (Å²) in [5, 5.41) is 9.00. The Bertz CT molecular complexity index is 175. The zero-order chi connectivity index (χ0) is 6.69. The molecule has 0 saturated carbocycles. The van der Waals surface area contributed by atoms with Gasteiger partial charge in [-0.3, -0.25) is 0 Å². The van der Waals surface area contributed by atoms with Crippen LogP contribution < -0.4 is 0 Å². The first-order chi connectivity index (χ1) is 4.29. The van der Waals surface area contributed by atoms with Crippen LogP contribution in [0.3, 0.4) is 0 Å². The minimum atomic E-state index is -0.404. The van der Waals surface area contributed by atoms with Crippen molar-refractivity contribution in [2.75, 3.05) is 0 Å². The van der Waals surface area contributed by atoms with Gasteiger partial charge in [0.15, 0.2) is 0 Å². The van der Waals surface area contributed by atoms with Crippen LogP contribution in [0.2, 0.25) is 0 Å². The molecule has 0 aliphatic heterocycles. The molecule has 0 heterocycles. The highest BCUT2D eigenvalue weighted by molar-refractivity contribution is 5.27. The van der Waals surface area contributed by atoms with Crippen molar-refractivity contribution in [2.45, 2.75) is 13.0 Å². The second-order valence-corrected chi connectivity index (χ2v) is 2.15. The first kappa shape index (κ1) is 6.30. The van der Waals surface area contributed by atoms with E-state index in [-0.39, 0.29) is 0 Å². The van der Waals surface area contributed by atoms with E-state index in [9.17, 15) is 0 Å². The van der Waals surface area contributed by atoms with Crippen molar-refractivity contribution in [3.05, 3.63) is 36.0 Å². The lowest BCUT2D eigenvalue weighted by molar-refractivity contribution is 0.272. The molecule has 0 aromatic heterocycles. The Labute approximate surface area is 55.0 Å². The van der Waals surface area contributed by atoms with E-state index in [2.05, 4.69) is 0 Å². The van der Waals surface area contributed by atoms with Gasteiger partial charge in [0.1, 0.15) is 0 Å². The molecule has 1 rings (SSSR count). The number of rotatable bonds is 0. The predicted molar refractivity (Wildman–Crippen MR) is 38.0 cm³/mol. The minimum absolute atomic E-state index is 0.404. The number of hydrogen-bond acceptors (Lipinski definition) is 1. The van der Waals surface area contributed by atoms with Gasteiger partial charge in [-0.05, 0) is 6.92 Å². The molecule has 9 heavy (non-hydrogen) atoms. The molecule has 1 unspecified atom stereocenters. The summed E-state index contributed by atoms with van der Waals surface area (Å²) in [5.74, 6) is 0. The molecule has 1 N–H and O–H groups in total. The zero-order valence-corrected chi connectivity index (χ0v) is 5.41. The molecule has 1 aliphatic carbocycles. The largest absolute Gasteiger partial charge is 0.385 e. The van der Waals surface area contributed by atoms with E-state index < -0.39 is 6.10 Å². The molecule has 0 saturated heterocycles. The van der Waals surface area contributed by atoms with Crippen LogP contribution >= 0.6 is 0 Å². The SMILES string of the molecule is CC1=CC=CC(O)C=C1. The number of aliphatic hydroxyl groups excluding tert-OH is 1. The van der Waals surface area contributed by atoms with Crippen LogP contribution in [0.15, 0.2) is 36.0 Å². The normalized spacial score (nSPS) is 25.6. The summed E-state index contributed by atoms with van der Waals surface area (Å²) in [5.41, 5.74) is 1.17. The molecule has 0 bridgehead atoms. The first-order valence-electron chi connectivity index (χ1n) is 3.00. The molecular formula is C8H10O. The fraction of sp³-hybridized carbons (Fsp3) is 0.250. The third-order valence-corrected chi connectivity index (χ3v) is 1.22. The maximum absolute atomic E-state index is 9.00. The Kier molecular flexibility index (Phi) is 1.85. The van der Waals surface area contributed by atoms with Gasteiger partial charge in [-0.15, -0.1) is 0 Å². The van der Waals surface area contributed by atoms with Crippen LogP contribution in [0.4, 0.5) is 0 Å². The Morgan fingerprint density at radius 3 is 3.00 bits per heavy atom. The number of aliphatic hydroxyl groups is 1. The van der Waals surface area contributed by atoms with E-state index in [4.69, 9.17) is 5.11 Å². The fourth-order valence-corrected chi connectivity index (χ4v) is 0.691. The van der Waals surface area contributed by atoms with Gasteiger partial charge in [0.05, 0.1) is 6.10 Å². The van der Waals surface area contributed by atoms with Gasteiger partial charge in [-0.2, -0.15) is 0 Å². The Morgan fingerprint density at radius 2 is 2.22 bits per heavy atom. The van der Waals surface area contributed by atoms with Crippen molar-refractivity contribution in [1.29, 1.82) is 0 Å². The third kappa shape index (κ3) is 1.86. The van der Waals surface area contributed by atoms with Crippen molar-refractivity contribution in [2.24, 2.45) is 0 Å². The highest BCUT2D eigenvalue weighted by Crippen LogP contribution is 2.02. The Hall–Kier alpha value is -0.820. The maximum atomic E-state index is 9.00. The van der Waals surface area contributed by atoms with Crippen LogP contribution in [0.25, 0.3) is 0 Å². The fourth-order valence-electron chi connectivity index (χ4n) is 0.691. The van der Waals surface area contributed by atoms with E-state index in [1.807, 2.05) is 25.2 Å². The van der Waals surface area contributed by atoms with Crippen molar-refractivity contribution in [1.82, 2.24) is 0 Å². The summed E-state index contributed by atoms with van der Waals surface area (Å²) in [6.07, 6.45) is 8.83. The molecule has 48 valence electrons. The van der Waals surface area contributed by atoms with Crippen molar-refractivity contribution < 1.29 is 5.11 Å². The predicted octanol–water partition coefficient (Wildman–Crippen LogP) is 1.42. The van der Waals surface area contributed by atoms with Crippen molar-refractivity contribution >= 4 is 0 Å². The molecule has 0 radical (unpaired) electrons. The first-order valence-corrected chi connectivity index (χ1v) is 3.00. The van der Waals surface area contributed by atoms with E-state index in [1.165, 1.54) is 5.57 Å². The van der Waals surface area contributed by atoms with Gasteiger partial charge >= 0.3 is 0 Å². The molecular weight excluding hydrogens is 112 g/mol. The van der Waals surface area contributed by atoms with E-state index >= 15 is 0 Å². The average molecular weight is 122 g/mol. The van der Waals surface area contributed by atoms with Gasteiger partial charge in [0.25, 0.3) is 0 Å². The van der Waals surface area contributed by atoms with Gasteiger partial charge < -0.3 is 5.11 Å². The number of allylic oxidation sites excluding steroid dienone is 4. The summed E-state index contributed by atoms with van der Waals surface area (Å²) in [6.45, 7) is 2.00. The second kappa shape index (κ2) is 2.65. The quantitative estimate of drug-likeness (QED) is 0.515. The maximum Gasteiger partial charge on any atom is 0.0908 e. The molecule has 0 spiro atoms. The highest BCUT2D eigenvalue weighted by atomic mass is 16.3. The summed E-state index contributed by atoms with van der Waals surface area (Å²) < 4.78 is 0. The third-order valence-electron chi connectivity index (χ3n) is 1.22. The van der Waals surface area contributed by atoms with E-state index in [0.29, 0.717) is 0 Å². The summed E-state index contributed by atoms with van der Waals surface area (Å²) in [7, 11) is 0. The lowest BCUT2D eigenvalue weighted by Gasteiger charge is -1.91. The molecule has 0 fully saturated rings. The van der Waals surface area contributed by atoms with Gasteiger partial charge in [0.2, 0.25) is 0 Å². The van der Waals surface area contributed by atoms with Gasteiger partial charge in [-0.25, -0.2) is 0 Å². The van der Waals surface area contributed by atoms with E-state index in [1.54, 1.807) is 12.2 Å². The zero-order valence-electron chi connectivity index (χ0n) is 5.41. The molecule has 1 atom stereocenters. The number of hydrogen-bond donors (Lipinski definition) is 1. The summed E-state index contributed by atoms with van der Waals surface area (Å²) >= 11 is 0.